The van der Waals surface area contributed by atoms with Gasteiger partial charge in [-0.15, -0.1) is 0 Å². The molecule has 1 atom stereocenters. The summed E-state index contributed by atoms with van der Waals surface area (Å²) in [5.74, 6) is 2.96. The van der Waals surface area contributed by atoms with Crippen molar-refractivity contribution in [3.63, 3.8) is 0 Å². The summed E-state index contributed by atoms with van der Waals surface area (Å²) in [7, 11) is 0. The van der Waals surface area contributed by atoms with Crippen molar-refractivity contribution in [2.75, 3.05) is 5.32 Å². The second-order valence-corrected chi connectivity index (χ2v) is 9.31. The van der Waals surface area contributed by atoms with Crippen LogP contribution in [0.1, 0.15) is 56.6 Å². The highest BCUT2D eigenvalue weighted by Gasteiger charge is 2.53. The fourth-order valence-corrected chi connectivity index (χ4v) is 6.34. The number of hydrogen-bond donors (Lipinski definition) is 2. The third kappa shape index (κ3) is 2.96. The molecule has 0 heterocycles. The molecule has 0 aromatic heterocycles. The van der Waals surface area contributed by atoms with Crippen LogP contribution < -0.4 is 10.6 Å². The number of aryl methyl sites for hydroxylation is 2. The van der Waals surface area contributed by atoms with Crippen LogP contribution in [0.15, 0.2) is 18.2 Å². The van der Waals surface area contributed by atoms with Crippen molar-refractivity contribution in [1.29, 1.82) is 0 Å². The van der Waals surface area contributed by atoms with Gasteiger partial charge in [0, 0.05) is 11.7 Å². The van der Waals surface area contributed by atoms with Crippen LogP contribution in [0.5, 0.6) is 0 Å². The fraction of sp³-hybridized carbons (Fsp3) is 0.667. The minimum atomic E-state index is 0.470. The maximum atomic E-state index is 5.62. The summed E-state index contributed by atoms with van der Waals surface area (Å²) in [6, 6.07) is 6.92. The average Bonchev–Trinajstić information content (AvgIpc) is 2.49. The molecule has 5 rings (SSSR count). The Labute approximate surface area is 151 Å². The minimum absolute atomic E-state index is 0.470. The van der Waals surface area contributed by atoms with Gasteiger partial charge in [-0.3, -0.25) is 0 Å². The third-order valence-electron chi connectivity index (χ3n) is 7.12. The molecule has 1 unspecified atom stereocenters. The summed E-state index contributed by atoms with van der Waals surface area (Å²) in [5, 5.41) is 7.81. The van der Waals surface area contributed by atoms with Gasteiger partial charge in [0.1, 0.15) is 0 Å². The van der Waals surface area contributed by atoms with Gasteiger partial charge in [0.15, 0.2) is 5.11 Å². The normalized spacial score (nSPS) is 34.9. The number of benzene rings is 1. The fourth-order valence-electron chi connectivity index (χ4n) is 6.04. The van der Waals surface area contributed by atoms with E-state index in [-0.39, 0.29) is 0 Å². The molecule has 24 heavy (non-hydrogen) atoms. The Balaban J connectivity index is 1.41. The summed E-state index contributed by atoms with van der Waals surface area (Å²) in [6.07, 6.45) is 8.74. The molecule has 2 nitrogen and oxygen atoms in total. The monoisotopic (exact) mass is 342 g/mol. The van der Waals surface area contributed by atoms with Gasteiger partial charge in [-0.1, -0.05) is 6.07 Å². The number of nitrogens with one attached hydrogen (secondary N) is 2. The lowest BCUT2D eigenvalue weighted by molar-refractivity contribution is -0.0671. The van der Waals surface area contributed by atoms with Crippen molar-refractivity contribution in [1.82, 2.24) is 5.32 Å². The predicted molar refractivity (Wildman–Crippen MR) is 105 cm³/mol. The molecule has 0 aliphatic heterocycles. The lowest BCUT2D eigenvalue weighted by Gasteiger charge is -2.59. The third-order valence-corrected chi connectivity index (χ3v) is 7.34. The zero-order chi connectivity index (χ0) is 16.9. The molecule has 0 radical (unpaired) electrons. The van der Waals surface area contributed by atoms with E-state index in [1.165, 1.54) is 49.7 Å². The van der Waals surface area contributed by atoms with Gasteiger partial charge >= 0.3 is 0 Å². The van der Waals surface area contributed by atoms with Crippen molar-refractivity contribution in [2.24, 2.45) is 23.2 Å². The van der Waals surface area contributed by atoms with E-state index < -0.39 is 0 Å². The maximum Gasteiger partial charge on any atom is 0.171 e. The van der Waals surface area contributed by atoms with Gasteiger partial charge in [-0.25, -0.2) is 0 Å². The molecule has 4 aliphatic rings. The van der Waals surface area contributed by atoms with Gasteiger partial charge in [0.25, 0.3) is 0 Å². The van der Waals surface area contributed by atoms with Crippen molar-refractivity contribution in [3.05, 3.63) is 29.3 Å². The van der Waals surface area contributed by atoms with Gasteiger partial charge in [-0.05, 0) is 118 Å². The number of rotatable bonds is 3. The molecule has 1 aromatic rings. The molecular formula is C21H30N2S. The second kappa shape index (κ2) is 6.01. The summed E-state index contributed by atoms with van der Waals surface area (Å²) in [5.41, 5.74) is 4.20. The highest BCUT2D eigenvalue weighted by molar-refractivity contribution is 7.80. The largest absolute Gasteiger partial charge is 0.359 e. The van der Waals surface area contributed by atoms with Crippen LogP contribution in [0, 0.1) is 37.0 Å². The highest BCUT2D eigenvalue weighted by Crippen LogP contribution is 2.61. The first-order valence-electron chi connectivity index (χ1n) is 9.58. The standard InChI is InChI=1S/C21H30N2S/c1-13-4-5-19(6-14(13)2)23-20(24)22-15(3)21-10-16-7-17(11-21)9-18(8-16)12-21/h4-6,15-18H,7-12H2,1-3H3,(H2,22,23,24). The molecule has 3 heteroatoms. The first kappa shape index (κ1) is 16.4. The zero-order valence-electron chi connectivity index (χ0n) is 15.2. The van der Waals surface area contributed by atoms with Crippen LogP contribution >= 0.6 is 12.2 Å². The van der Waals surface area contributed by atoms with E-state index >= 15 is 0 Å². The summed E-state index contributed by atoms with van der Waals surface area (Å²) >= 11 is 5.62. The molecule has 4 aliphatic carbocycles. The molecule has 0 spiro atoms. The molecule has 4 bridgehead atoms. The number of thiocarbonyl (C=S) groups is 1. The van der Waals surface area contributed by atoms with E-state index in [1.54, 1.807) is 0 Å². The van der Waals surface area contributed by atoms with Crippen LogP contribution in [0.4, 0.5) is 5.69 Å². The number of anilines is 1. The predicted octanol–water partition coefficient (Wildman–Crippen LogP) is 5.19. The summed E-state index contributed by atoms with van der Waals surface area (Å²) in [6.45, 7) is 6.65. The lowest BCUT2D eigenvalue weighted by atomic mass is 9.48. The van der Waals surface area contributed by atoms with Gasteiger partial charge in [0.2, 0.25) is 0 Å². The van der Waals surface area contributed by atoms with E-state index in [4.69, 9.17) is 12.2 Å². The quantitative estimate of drug-likeness (QED) is 0.739. The van der Waals surface area contributed by atoms with E-state index in [2.05, 4.69) is 49.6 Å². The van der Waals surface area contributed by atoms with Gasteiger partial charge in [0.05, 0.1) is 0 Å². The van der Waals surface area contributed by atoms with Crippen molar-refractivity contribution >= 4 is 23.0 Å². The Morgan fingerprint density at radius 2 is 1.62 bits per heavy atom. The van der Waals surface area contributed by atoms with Gasteiger partial charge in [-0.2, -0.15) is 0 Å². The Bertz CT molecular complexity index is 616. The van der Waals surface area contributed by atoms with E-state index in [1.807, 2.05) is 0 Å². The van der Waals surface area contributed by atoms with E-state index in [0.29, 0.717) is 11.5 Å². The van der Waals surface area contributed by atoms with Crippen molar-refractivity contribution in [2.45, 2.75) is 65.3 Å². The molecule has 4 fully saturated rings. The van der Waals surface area contributed by atoms with Crippen LogP contribution in [0.3, 0.4) is 0 Å². The SMILES string of the molecule is Cc1ccc(NC(=S)NC(C)C23CC4CC(CC(C4)C2)C3)cc1C. The van der Waals surface area contributed by atoms with E-state index in [0.717, 1.165) is 28.6 Å². The summed E-state index contributed by atoms with van der Waals surface area (Å²) < 4.78 is 0. The average molecular weight is 343 g/mol. The zero-order valence-corrected chi connectivity index (χ0v) is 16.0. The molecule has 1 aromatic carbocycles. The first-order valence-corrected chi connectivity index (χ1v) is 9.99. The topological polar surface area (TPSA) is 24.1 Å². The highest BCUT2D eigenvalue weighted by atomic mass is 32.1. The Morgan fingerprint density at radius 1 is 1.04 bits per heavy atom. The molecule has 130 valence electrons. The summed E-state index contributed by atoms with van der Waals surface area (Å²) in [4.78, 5) is 0. The molecular weight excluding hydrogens is 312 g/mol. The van der Waals surface area contributed by atoms with Crippen LogP contribution in [-0.4, -0.2) is 11.2 Å². The smallest absolute Gasteiger partial charge is 0.171 e. The Morgan fingerprint density at radius 3 is 2.17 bits per heavy atom. The van der Waals surface area contributed by atoms with E-state index in [9.17, 15) is 0 Å². The van der Waals surface area contributed by atoms with Crippen LogP contribution in [0.2, 0.25) is 0 Å². The van der Waals surface area contributed by atoms with Crippen LogP contribution in [-0.2, 0) is 0 Å². The molecule has 4 saturated carbocycles. The first-order chi connectivity index (χ1) is 11.4. The molecule has 0 amide bonds. The van der Waals surface area contributed by atoms with Crippen LogP contribution in [0.25, 0.3) is 0 Å². The molecule has 0 saturated heterocycles. The number of hydrogen-bond acceptors (Lipinski definition) is 1. The minimum Gasteiger partial charge on any atom is -0.359 e. The molecule has 2 N–H and O–H groups in total. The Hall–Kier alpha value is -1.09. The second-order valence-electron chi connectivity index (χ2n) is 8.90. The van der Waals surface area contributed by atoms with Crippen molar-refractivity contribution < 1.29 is 0 Å². The maximum absolute atomic E-state index is 5.62. The lowest BCUT2D eigenvalue weighted by Crippen LogP contribution is -2.56. The Kier molecular flexibility index (Phi) is 4.11. The van der Waals surface area contributed by atoms with Gasteiger partial charge < -0.3 is 10.6 Å². The van der Waals surface area contributed by atoms with Crippen molar-refractivity contribution in [3.8, 4) is 0 Å².